The predicted octanol–water partition coefficient (Wildman–Crippen LogP) is 1.59. The van der Waals surface area contributed by atoms with Gasteiger partial charge in [0.1, 0.15) is 0 Å². The molecule has 15 heavy (non-hydrogen) atoms. The van der Waals surface area contributed by atoms with Crippen molar-refractivity contribution in [1.29, 1.82) is 0 Å². The highest BCUT2D eigenvalue weighted by Crippen LogP contribution is 2.20. The zero-order chi connectivity index (χ0) is 11.3. The fraction of sp³-hybridized carbons (Fsp3) is 0.727. The summed E-state index contributed by atoms with van der Waals surface area (Å²) >= 11 is 0. The largest absolute Gasteiger partial charge is 0.379 e. The number of hydrogen-bond acceptors (Lipinski definition) is 3. The van der Waals surface area contributed by atoms with Crippen molar-refractivity contribution < 1.29 is 4.74 Å². The van der Waals surface area contributed by atoms with Crippen LogP contribution in [-0.4, -0.2) is 30.0 Å². The molecule has 2 atom stereocenters. The molecule has 4 heteroatoms. The molecule has 2 unspecified atom stereocenters. The van der Waals surface area contributed by atoms with Crippen LogP contribution in [0, 0.1) is 0 Å². The van der Waals surface area contributed by atoms with Crippen molar-refractivity contribution in [3.05, 3.63) is 18.0 Å². The number of ether oxygens (including phenoxy) is 1. The monoisotopic (exact) mass is 211 g/mol. The molecule has 0 aliphatic carbocycles. The first-order chi connectivity index (χ1) is 7.28. The molecule has 0 aromatic carbocycles. The molecule has 0 saturated heterocycles. The second-order valence-electron chi connectivity index (χ2n) is 3.52. The third kappa shape index (κ3) is 2.58. The van der Waals surface area contributed by atoms with Crippen molar-refractivity contribution >= 4 is 0 Å². The highest BCUT2D eigenvalue weighted by Gasteiger charge is 2.22. The standard InChI is InChI=1S/C11H21N3O/c1-5-10(15-4)11(12-3)9-7-8-13-14(9)6-2/h7-8,10-12H,5-6H2,1-4H3. The Kier molecular flexibility index (Phi) is 4.78. The molecule has 0 bridgehead atoms. The van der Waals surface area contributed by atoms with Gasteiger partial charge in [0, 0.05) is 19.9 Å². The van der Waals surface area contributed by atoms with Gasteiger partial charge in [-0.1, -0.05) is 6.92 Å². The molecule has 0 radical (unpaired) electrons. The van der Waals surface area contributed by atoms with E-state index in [1.807, 2.05) is 24.0 Å². The van der Waals surface area contributed by atoms with E-state index in [0.717, 1.165) is 13.0 Å². The van der Waals surface area contributed by atoms with Crippen molar-refractivity contribution in [2.24, 2.45) is 0 Å². The van der Waals surface area contributed by atoms with Crippen LogP contribution in [0.25, 0.3) is 0 Å². The van der Waals surface area contributed by atoms with Gasteiger partial charge in [-0.25, -0.2) is 0 Å². The average Bonchev–Trinajstić information content (AvgIpc) is 2.73. The van der Waals surface area contributed by atoms with Crippen molar-refractivity contribution in [3.63, 3.8) is 0 Å². The lowest BCUT2D eigenvalue weighted by atomic mass is 10.1. The maximum atomic E-state index is 5.47. The Morgan fingerprint density at radius 3 is 2.73 bits per heavy atom. The molecule has 0 aliphatic rings. The van der Waals surface area contributed by atoms with Gasteiger partial charge < -0.3 is 10.1 Å². The van der Waals surface area contributed by atoms with Crippen molar-refractivity contribution in [2.45, 2.75) is 39.0 Å². The highest BCUT2D eigenvalue weighted by molar-refractivity contribution is 5.09. The fourth-order valence-corrected chi connectivity index (χ4v) is 1.93. The van der Waals surface area contributed by atoms with Crippen molar-refractivity contribution in [3.8, 4) is 0 Å². The molecule has 0 amide bonds. The van der Waals surface area contributed by atoms with Gasteiger partial charge in [-0.3, -0.25) is 4.68 Å². The van der Waals surface area contributed by atoms with Gasteiger partial charge >= 0.3 is 0 Å². The number of nitrogens with one attached hydrogen (secondary N) is 1. The number of nitrogens with zero attached hydrogens (tertiary/aromatic N) is 2. The number of likely N-dealkylation sites (N-methyl/N-ethyl adjacent to an activating group) is 1. The molecular formula is C11H21N3O. The maximum absolute atomic E-state index is 5.47. The van der Waals surface area contributed by atoms with E-state index in [-0.39, 0.29) is 12.1 Å². The van der Waals surface area contributed by atoms with Gasteiger partial charge in [0.15, 0.2) is 0 Å². The molecule has 0 aliphatic heterocycles. The first kappa shape index (κ1) is 12.2. The third-order valence-electron chi connectivity index (χ3n) is 2.76. The van der Waals surface area contributed by atoms with Gasteiger partial charge in [0.05, 0.1) is 17.8 Å². The molecule has 0 spiro atoms. The summed E-state index contributed by atoms with van der Waals surface area (Å²) in [7, 11) is 3.71. The molecule has 0 fully saturated rings. The lowest BCUT2D eigenvalue weighted by molar-refractivity contribution is 0.0648. The molecule has 1 aromatic rings. The van der Waals surface area contributed by atoms with E-state index >= 15 is 0 Å². The number of aryl methyl sites for hydroxylation is 1. The first-order valence-corrected chi connectivity index (χ1v) is 5.50. The van der Waals surface area contributed by atoms with Crippen LogP contribution in [0.2, 0.25) is 0 Å². The topological polar surface area (TPSA) is 39.1 Å². The summed E-state index contributed by atoms with van der Waals surface area (Å²) in [5, 5.41) is 7.57. The van der Waals surface area contributed by atoms with Gasteiger partial charge in [-0.15, -0.1) is 0 Å². The smallest absolute Gasteiger partial charge is 0.0778 e. The van der Waals surface area contributed by atoms with Crippen LogP contribution in [0.3, 0.4) is 0 Å². The minimum atomic E-state index is 0.192. The third-order valence-corrected chi connectivity index (χ3v) is 2.76. The number of hydrogen-bond donors (Lipinski definition) is 1. The summed E-state index contributed by atoms with van der Waals surface area (Å²) in [5.41, 5.74) is 1.19. The van der Waals surface area contributed by atoms with Crippen molar-refractivity contribution in [2.75, 3.05) is 14.2 Å². The molecule has 1 rings (SSSR count). The van der Waals surface area contributed by atoms with E-state index in [1.165, 1.54) is 5.69 Å². The summed E-state index contributed by atoms with van der Waals surface area (Å²) in [4.78, 5) is 0. The first-order valence-electron chi connectivity index (χ1n) is 5.50. The van der Waals surface area contributed by atoms with Gasteiger partial charge in [0.2, 0.25) is 0 Å². The van der Waals surface area contributed by atoms with Gasteiger partial charge in [-0.2, -0.15) is 5.10 Å². The summed E-state index contributed by atoms with van der Waals surface area (Å²) in [6, 6.07) is 2.26. The van der Waals surface area contributed by atoms with Gasteiger partial charge in [-0.05, 0) is 26.5 Å². The van der Waals surface area contributed by atoms with Crippen LogP contribution < -0.4 is 5.32 Å². The zero-order valence-electron chi connectivity index (χ0n) is 10.0. The molecule has 1 aromatic heterocycles. The quantitative estimate of drug-likeness (QED) is 0.776. The SMILES string of the molecule is CCC(OC)C(NC)c1ccnn1CC. The molecule has 4 nitrogen and oxygen atoms in total. The normalized spacial score (nSPS) is 15.2. The minimum absolute atomic E-state index is 0.192. The zero-order valence-corrected chi connectivity index (χ0v) is 10.0. The van der Waals surface area contributed by atoms with Crippen LogP contribution in [0.4, 0.5) is 0 Å². The van der Waals surface area contributed by atoms with Crippen LogP contribution in [0.1, 0.15) is 32.0 Å². The second kappa shape index (κ2) is 5.88. The highest BCUT2D eigenvalue weighted by atomic mass is 16.5. The Morgan fingerprint density at radius 2 is 2.27 bits per heavy atom. The Bertz CT molecular complexity index is 281. The molecule has 1 N–H and O–H groups in total. The summed E-state index contributed by atoms with van der Waals surface area (Å²) < 4.78 is 7.48. The Labute approximate surface area is 91.6 Å². The number of rotatable bonds is 6. The minimum Gasteiger partial charge on any atom is -0.379 e. The number of aromatic nitrogens is 2. The predicted molar refractivity (Wildman–Crippen MR) is 60.8 cm³/mol. The molecule has 0 saturated carbocycles. The molecule has 1 heterocycles. The lowest BCUT2D eigenvalue weighted by Gasteiger charge is -2.25. The average molecular weight is 211 g/mol. The Morgan fingerprint density at radius 1 is 1.53 bits per heavy atom. The summed E-state index contributed by atoms with van der Waals surface area (Å²) in [6.07, 6.45) is 3.01. The van der Waals surface area contributed by atoms with Crippen molar-refractivity contribution in [1.82, 2.24) is 15.1 Å². The van der Waals surface area contributed by atoms with Crippen LogP contribution >= 0.6 is 0 Å². The summed E-state index contributed by atoms with van der Waals surface area (Å²) in [6.45, 7) is 5.11. The molecule has 86 valence electrons. The van der Waals surface area contributed by atoms with Crippen LogP contribution in [0.15, 0.2) is 12.3 Å². The maximum Gasteiger partial charge on any atom is 0.0778 e. The number of methoxy groups -OCH3 is 1. The fourth-order valence-electron chi connectivity index (χ4n) is 1.93. The second-order valence-corrected chi connectivity index (χ2v) is 3.52. The van der Waals surface area contributed by atoms with Crippen LogP contribution in [-0.2, 0) is 11.3 Å². The Balaban J connectivity index is 2.90. The van der Waals surface area contributed by atoms with E-state index in [0.29, 0.717) is 0 Å². The van der Waals surface area contributed by atoms with Crippen LogP contribution in [0.5, 0.6) is 0 Å². The lowest BCUT2D eigenvalue weighted by Crippen LogP contribution is -2.32. The van der Waals surface area contributed by atoms with E-state index in [4.69, 9.17) is 4.74 Å². The van der Waals surface area contributed by atoms with E-state index in [9.17, 15) is 0 Å². The van der Waals surface area contributed by atoms with E-state index in [2.05, 4.69) is 24.3 Å². The van der Waals surface area contributed by atoms with E-state index < -0.39 is 0 Å². The van der Waals surface area contributed by atoms with E-state index in [1.54, 1.807) is 7.11 Å². The van der Waals surface area contributed by atoms with Gasteiger partial charge in [0.25, 0.3) is 0 Å². The Hall–Kier alpha value is -0.870. The molecular weight excluding hydrogens is 190 g/mol. The summed E-state index contributed by atoms with van der Waals surface area (Å²) in [5.74, 6) is 0.